The number of nitrogens with one attached hydrogen (secondary N) is 1. The van der Waals surface area contributed by atoms with E-state index < -0.39 is 0 Å². The number of hydrogen-bond acceptors (Lipinski definition) is 4. The Balaban J connectivity index is 1.66. The van der Waals surface area contributed by atoms with Crippen molar-refractivity contribution in [1.29, 1.82) is 0 Å². The lowest BCUT2D eigenvalue weighted by atomic mass is 9.96. The molecular weight excluding hydrogens is 278 g/mol. The first-order valence-corrected chi connectivity index (χ1v) is 8.93. The average Bonchev–Trinajstić information content (AvgIpc) is 3.24. The summed E-state index contributed by atoms with van der Waals surface area (Å²) in [4.78, 5) is 7.04. The molecular formula is C17H23N3S. The molecule has 0 bridgehead atoms. The number of aromatic nitrogens is 1. The Labute approximate surface area is 130 Å². The van der Waals surface area contributed by atoms with Crippen LogP contribution in [0.5, 0.6) is 0 Å². The Morgan fingerprint density at radius 1 is 1.33 bits per heavy atom. The van der Waals surface area contributed by atoms with E-state index in [1.165, 1.54) is 23.2 Å². The number of fused-ring (bicyclic) bond motifs is 1. The van der Waals surface area contributed by atoms with Crippen LogP contribution in [0.25, 0.3) is 10.2 Å². The second-order valence-corrected chi connectivity index (χ2v) is 7.71. The summed E-state index contributed by atoms with van der Waals surface area (Å²) in [5, 5.41) is 3.79. The van der Waals surface area contributed by atoms with Crippen LogP contribution in [0.2, 0.25) is 0 Å². The van der Waals surface area contributed by atoms with E-state index in [1.807, 2.05) is 5.51 Å². The Kier molecular flexibility index (Phi) is 3.38. The molecule has 2 fully saturated rings. The molecule has 1 aromatic heterocycles. The number of nitrogens with zero attached hydrogens (tertiary/aromatic N) is 2. The van der Waals surface area contributed by atoms with Crippen LogP contribution in [0.3, 0.4) is 0 Å². The highest BCUT2D eigenvalue weighted by Crippen LogP contribution is 2.36. The molecule has 0 spiro atoms. The molecule has 4 heteroatoms. The van der Waals surface area contributed by atoms with E-state index in [0.29, 0.717) is 18.0 Å². The third-order valence-electron chi connectivity index (χ3n) is 4.99. The monoisotopic (exact) mass is 301 g/mol. The summed E-state index contributed by atoms with van der Waals surface area (Å²) in [6.45, 7) is 6.93. The average molecular weight is 301 g/mol. The lowest BCUT2D eigenvalue weighted by molar-refractivity contribution is 0.320. The van der Waals surface area contributed by atoms with Crippen LogP contribution >= 0.6 is 11.3 Å². The fourth-order valence-corrected chi connectivity index (χ4v) is 4.23. The normalized spacial score (nSPS) is 26.7. The molecule has 2 aromatic rings. The van der Waals surface area contributed by atoms with Gasteiger partial charge in [-0.1, -0.05) is 13.8 Å². The summed E-state index contributed by atoms with van der Waals surface area (Å²) in [5.41, 5.74) is 4.44. The first-order valence-electron chi connectivity index (χ1n) is 8.05. The smallest absolute Gasteiger partial charge is 0.0813 e. The molecule has 1 saturated heterocycles. The van der Waals surface area contributed by atoms with Gasteiger partial charge in [0.05, 0.1) is 15.7 Å². The van der Waals surface area contributed by atoms with Crippen molar-refractivity contribution in [2.24, 2.45) is 11.8 Å². The minimum Gasteiger partial charge on any atom is -0.365 e. The quantitative estimate of drug-likeness (QED) is 0.940. The Morgan fingerprint density at radius 2 is 2.19 bits per heavy atom. The molecule has 4 rings (SSSR count). The maximum Gasteiger partial charge on any atom is 0.0813 e. The molecule has 1 N–H and O–H groups in total. The summed E-state index contributed by atoms with van der Waals surface area (Å²) in [6, 6.07) is 8.03. The van der Waals surface area contributed by atoms with Crippen molar-refractivity contribution < 1.29 is 0 Å². The van der Waals surface area contributed by atoms with Gasteiger partial charge in [0.2, 0.25) is 0 Å². The lowest BCUT2D eigenvalue weighted by Crippen LogP contribution is -2.59. The van der Waals surface area contributed by atoms with Crippen molar-refractivity contribution in [3.05, 3.63) is 23.7 Å². The highest BCUT2D eigenvalue weighted by Gasteiger charge is 2.38. The van der Waals surface area contributed by atoms with E-state index >= 15 is 0 Å². The Hall–Kier alpha value is -1.13. The number of piperazine rings is 1. The summed E-state index contributed by atoms with van der Waals surface area (Å²) >= 11 is 1.74. The van der Waals surface area contributed by atoms with Crippen LogP contribution in [0.1, 0.15) is 26.7 Å². The molecule has 0 amide bonds. The largest absolute Gasteiger partial charge is 0.365 e. The second-order valence-electron chi connectivity index (χ2n) is 6.82. The third kappa shape index (κ3) is 2.55. The van der Waals surface area contributed by atoms with Gasteiger partial charge in [-0.2, -0.15) is 0 Å². The van der Waals surface area contributed by atoms with Crippen molar-refractivity contribution in [3.63, 3.8) is 0 Å². The molecule has 21 heavy (non-hydrogen) atoms. The fourth-order valence-electron chi connectivity index (χ4n) is 3.52. The van der Waals surface area contributed by atoms with Gasteiger partial charge in [0.1, 0.15) is 0 Å². The molecule has 0 radical (unpaired) electrons. The summed E-state index contributed by atoms with van der Waals surface area (Å²) in [7, 11) is 0. The molecule has 112 valence electrons. The van der Waals surface area contributed by atoms with Gasteiger partial charge in [0.25, 0.3) is 0 Å². The molecule has 1 aromatic carbocycles. The SMILES string of the molecule is CC(C)C1CNC(C2CC2)CN1c1ccc2ncsc2c1. The van der Waals surface area contributed by atoms with Crippen molar-refractivity contribution in [3.8, 4) is 0 Å². The van der Waals surface area contributed by atoms with E-state index in [0.717, 1.165) is 24.5 Å². The van der Waals surface area contributed by atoms with Crippen molar-refractivity contribution >= 4 is 27.2 Å². The van der Waals surface area contributed by atoms with Gasteiger partial charge in [-0.15, -0.1) is 11.3 Å². The van der Waals surface area contributed by atoms with Crippen LogP contribution in [0.15, 0.2) is 23.7 Å². The van der Waals surface area contributed by atoms with Gasteiger partial charge >= 0.3 is 0 Å². The highest BCUT2D eigenvalue weighted by atomic mass is 32.1. The van der Waals surface area contributed by atoms with E-state index in [4.69, 9.17) is 0 Å². The number of anilines is 1. The Bertz CT molecular complexity index is 632. The predicted octanol–water partition coefficient (Wildman–Crippen LogP) is 3.51. The van der Waals surface area contributed by atoms with Crippen LogP contribution in [-0.4, -0.2) is 30.2 Å². The zero-order chi connectivity index (χ0) is 14.4. The third-order valence-corrected chi connectivity index (χ3v) is 5.78. The summed E-state index contributed by atoms with van der Waals surface area (Å²) in [5.74, 6) is 1.57. The van der Waals surface area contributed by atoms with Crippen molar-refractivity contribution in [2.75, 3.05) is 18.0 Å². The molecule has 3 nitrogen and oxygen atoms in total. The van der Waals surface area contributed by atoms with Crippen LogP contribution in [0, 0.1) is 11.8 Å². The van der Waals surface area contributed by atoms with E-state index in [2.05, 4.69) is 47.2 Å². The minimum atomic E-state index is 0.588. The standard InChI is InChI=1S/C17H23N3S/c1-11(2)16-8-18-15(12-3-4-12)9-20(16)13-5-6-14-17(7-13)21-10-19-14/h5-7,10-12,15-16,18H,3-4,8-9H2,1-2H3. The molecule has 1 saturated carbocycles. The maximum absolute atomic E-state index is 4.40. The van der Waals surface area contributed by atoms with E-state index in [9.17, 15) is 0 Å². The van der Waals surface area contributed by atoms with Gasteiger partial charge in [-0.05, 0) is 42.9 Å². The van der Waals surface area contributed by atoms with Crippen molar-refractivity contribution in [1.82, 2.24) is 10.3 Å². The first kappa shape index (κ1) is 13.5. The fraction of sp³-hybridized carbons (Fsp3) is 0.588. The maximum atomic E-state index is 4.40. The number of rotatable bonds is 3. The molecule has 2 aliphatic rings. The number of thiazole rings is 1. The van der Waals surface area contributed by atoms with Crippen molar-refractivity contribution in [2.45, 2.75) is 38.8 Å². The van der Waals surface area contributed by atoms with Crippen LogP contribution < -0.4 is 10.2 Å². The van der Waals surface area contributed by atoms with Crippen LogP contribution in [0.4, 0.5) is 5.69 Å². The molecule has 2 atom stereocenters. The molecule has 1 aliphatic heterocycles. The highest BCUT2D eigenvalue weighted by molar-refractivity contribution is 7.16. The topological polar surface area (TPSA) is 28.2 Å². The number of hydrogen-bond donors (Lipinski definition) is 1. The van der Waals surface area contributed by atoms with Gasteiger partial charge in [-0.3, -0.25) is 0 Å². The zero-order valence-corrected chi connectivity index (χ0v) is 13.6. The molecule has 2 heterocycles. The van der Waals surface area contributed by atoms with Gasteiger partial charge in [0, 0.05) is 30.9 Å². The molecule has 2 unspecified atom stereocenters. The number of benzene rings is 1. The predicted molar refractivity (Wildman–Crippen MR) is 90.1 cm³/mol. The van der Waals surface area contributed by atoms with E-state index in [-0.39, 0.29) is 0 Å². The Morgan fingerprint density at radius 3 is 2.95 bits per heavy atom. The second kappa shape index (κ2) is 5.25. The van der Waals surface area contributed by atoms with Gasteiger partial charge in [-0.25, -0.2) is 4.98 Å². The summed E-state index contributed by atoms with van der Waals surface area (Å²) < 4.78 is 1.30. The minimum absolute atomic E-state index is 0.588. The zero-order valence-electron chi connectivity index (χ0n) is 12.7. The molecule has 1 aliphatic carbocycles. The van der Waals surface area contributed by atoms with Gasteiger partial charge in [0.15, 0.2) is 0 Å². The summed E-state index contributed by atoms with van der Waals surface area (Å²) in [6.07, 6.45) is 2.82. The van der Waals surface area contributed by atoms with E-state index in [1.54, 1.807) is 11.3 Å². The van der Waals surface area contributed by atoms with Crippen LogP contribution in [-0.2, 0) is 0 Å². The lowest BCUT2D eigenvalue weighted by Gasteiger charge is -2.44. The first-order chi connectivity index (χ1) is 10.2. The van der Waals surface area contributed by atoms with Gasteiger partial charge < -0.3 is 10.2 Å².